The third-order valence-electron chi connectivity index (χ3n) is 5.62. The molecule has 2 bridgehead atoms. The number of hydrogen-bond donors (Lipinski definition) is 3. The van der Waals surface area contributed by atoms with Crippen molar-refractivity contribution in [3.05, 3.63) is 72.6 Å². The monoisotopic (exact) mass is 442 g/mol. The molecular formula is C22H20F2N4O4. The number of hydrogen-bond acceptors (Lipinski definition) is 5. The van der Waals surface area contributed by atoms with Crippen molar-refractivity contribution in [2.75, 3.05) is 11.9 Å². The minimum absolute atomic E-state index is 0.168. The van der Waals surface area contributed by atoms with Crippen molar-refractivity contribution in [1.82, 2.24) is 15.1 Å². The highest BCUT2D eigenvalue weighted by Crippen LogP contribution is 2.36. The number of carbonyl (C=O) groups excluding carboxylic acids is 1. The summed E-state index contributed by atoms with van der Waals surface area (Å²) in [7, 11) is 0. The summed E-state index contributed by atoms with van der Waals surface area (Å²) < 4.78 is 40.0. The molecule has 5 rings (SSSR count). The fraction of sp³-hybridized carbons (Fsp3) is 0.273. The fourth-order valence-corrected chi connectivity index (χ4v) is 4.04. The molecule has 2 saturated heterocycles. The summed E-state index contributed by atoms with van der Waals surface area (Å²) in [5, 5.41) is 20.4. The molecule has 32 heavy (non-hydrogen) atoms. The Bertz CT molecular complexity index is 1130. The van der Waals surface area contributed by atoms with E-state index in [-0.39, 0.29) is 12.3 Å². The second-order valence-electron chi connectivity index (χ2n) is 7.68. The van der Waals surface area contributed by atoms with Gasteiger partial charge in [-0.3, -0.25) is 4.68 Å². The number of urea groups is 1. The van der Waals surface area contributed by atoms with Crippen LogP contribution < -0.4 is 10.6 Å². The highest BCUT2D eigenvalue weighted by Gasteiger charge is 2.52. The Morgan fingerprint density at radius 3 is 2.75 bits per heavy atom. The van der Waals surface area contributed by atoms with Crippen LogP contribution in [0.1, 0.15) is 6.04 Å². The average Bonchev–Trinajstić information content (AvgIpc) is 3.43. The zero-order valence-electron chi connectivity index (χ0n) is 16.7. The topological polar surface area (TPSA) is 97.6 Å². The number of amides is 2. The van der Waals surface area contributed by atoms with Crippen molar-refractivity contribution < 1.29 is 28.2 Å². The van der Waals surface area contributed by atoms with Crippen LogP contribution in [0.25, 0.3) is 11.1 Å². The Hall–Kier alpha value is -3.34. The van der Waals surface area contributed by atoms with Crippen molar-refractivity contribution in [3.8, 4) is 11.1 Å². The van der Waals surface area contributed by atoms with E-state index in [1.165, 1.54) is 0 Å². The molecule has 0 radical (unpaired) electrons. The number of aromatic nitrogens is 2. The minimum atomic E-state index is -1.09. The molecule has 0 aliphatic carbocycles. The van der Waals surface area contributed by atoms with Gasteiger partial charge in [-0.15, -0.1) is 0 Å². The quantitative estimate of drug-likeness (QED) is 0.577. The number of benzene rings is 2. The second kappa shape index (κ2) is 8.30. The molecule has 3 N–H and O–H groups in total. The van der Waals surface area contributed by atoms with Gasteiger partial charge in [0.25, 0.3) is 0 Å². The van der Waals surface area contributed by atoms with Crippen molar-refractivity contribution in [3.63, 3.8) is 0 Å². The van der Waals surface area contributed by atoms with E-state index in [2.05, 4.69) is 15.7 Å². The van der Waals surface area contributed by atoms with Crippen molar-refractivity contribution in [1.29, 1.82) is 0 Å². The molecule has 8 nitrogen and oxygen atoms in total. The van der Waals surface area contributed by atoms with E-state index in [9.17, 15) is 18.7 Å². The van der Waals surface area contributed by atoms with Gasteiger partial charge in [0.1, 0.15) is 29.9 Å². The smallest absolute Gasteiger partial charge is 0.319 e. The summed E-state index contributed by atoms with van der Waals surface area (Å²) in [5.74, 6) is -1.66. The normalized spacial score (nSPS) is 26.7. The Morgan fingerprint density at radius 1 is 1.16 bits per heavy atom. The predicted octanol–water partition coefficient (Wildman–Crippen LogP) is 2.68. The minimum Gasteiger partial charge on any atom is -0.388 e. The number of anilines is 1. The number of aliphatic hydroxyl groups excluding tert-OH is 1. The average molecular weight is 442 g/mol. The molecule has 2 aliphatic rings. The van der Waals surface area contributed by atoms with E-state index in [1.807, 2.05) is 30.3 Å². The molecule has 0 saturated carbocycles. The lowest BCUT2D eigenvalue weighted by atomic mass is 9.96. The molecule has 2 aromatic carbocycles. The van der Waals surface area contributed by atoms with Crippen molar-refractivity contribution in [2.24, 2.45) is 0 Å². The maximum absolute atomic E-state index is 13.9. The van der Waals surface area contributed by atoms with Gasteiger partial charge in [-0.1, -0.05) is 30.3 Å². The molecule has 1 aromatic heterocycles. The first kappa shape index (κ1) is 20.6. The van der Waals surface area contributed by atoms with Gasteiger partial charge in [0.05, 0.1) is 24.5 Å². The zero-order valence-corrected chi connectivity index (χ0v) is 16.7. The van der Waals surface area contributed by atoms with Gasteiger partial charge in [-0.05, 0) is 17.7 Å². The third-order valence-corrected chi connectivity index (χ3v) is 5.62. The summed E-state index contributed by atoms with van der Waals surface area (Å²) in [6.07, 6.45) is 1.05. The number of fused-ring (bicyclic) bond motifs is 2. The van der Waals surface area contributed by atoms with Crippen LogP contribution in [-0.4, -0.2) is 52.1 Å². The van der Waals surface area contributed by atoms with Crippen molar-refractivity contribution in [2.45, 2.75) is 30.6 Å². The molecule has 166 valence electrons. The standard InChI is InChI=1S/C22H20F2N4O4/c23-14-6-7-16(15(24)8-14)26-22(30)27-18-17-11-31-21(32-17)19(20(18)29)28-10-13(9-25-28)12-4-2-1-3-5-12/h1-10,17-21,29H,11H2,(H2,26,27,30)/t17-,18-,19-,20+,21-/m1/s1. The number of aliphatic hydroxyl groups is 1. The number of nitrogens with zero attached hydrogens (tertiary/aromatic N) is 2. The molecule has 5 atom stereocenters. The fourth-order valence-electron chi connectivity index (χ4n) is 4.04. The van der Waals surface area contributed by atoms with Gasteiger partial charge in [0.2, 0.25) is 0 Å². The summed E-state index contributed by atoms with van der Waals surface area (Å²) >= 11 is 0. The predicted molar refractivity (Wildman–Crippen MR) is 110 cm³/mol. The lowest BCUT2D eigenvalue weighted by molar-refractivity contribution is -0.166. The Kier molecular flexibility index (Phi) is 5.33. The first-order chi connectivity index (χ1) is 15.5. The summed E-state index contributed by atoms with van der Waals surface area (Å²) in [4.78, 5) is 12.5. The van der Waals surface area contributed by atoms with Crippen LogP contribution >= 0.6 is 0 Å². The number of carbonyl (C=O) groups is 1. The van der Waals surface area contributed by atoms with Gasteiger partial charge in [0, 0.05) is 17.8 Å². The molecule has 0 unspecified atom stereocenters. The largest absolute Gasteiger partial charge is 0.388 e. The molecular weight excluding hydrogens is 422 g/mol. The maximum atomic E-state index is 13.9. The summed E-state index contributed by atoms with van der Waals surface area (Å²) in [5.41, 5.74) is 1.63. The van der Waals surface area contributed by atoms with Crippen molar-refractivity contribution >= 4 is 11.7 Å². The first-order valence-corrected chi connectivity index (χ1v) is 10.1. The van der Waals surface area contributed by atoms with E-state index in [0.717, 1.165) is 23.3 Å². The molecule has 3 heterocycles. The number of halogens is 2. The lowest BCUT2D eigenvalue weighted by Crippen LogP contribution is -2.59. The van der Waals surface area contributed by atoms with Crippen LogP contribution in [0, 0.1) is 11.6 Å². The highest BCUT2D eigenvalue weighted by molar-refractivity contribution is 5.89. The molecule has 2 aliphatic heterocycles. The van der Waals surface area contributed by atoms with Gasteiger partial charge < -0.3 is 25.2 Å². The van der Waals surface area contributed by atoms with Crippen LogP contribution in [-0.2, 0) is 9.47 Å². The number of nitrogens with one attached hydrogen (secondary N) is 2. The van der Waals surface area contributed by atoms with E-state index >= 15 is 0 Å². The summed E-state index contributed by atoms with van der Waals surface area (Å²) in [6.45, 7) is 0.168. The van der Waals surface area contributed by atoms with Crippen LogP contribution in [0.15, 0.2) is 60.9 Å². The Morgan fingerprint density at radius 2 is 1.97 bits per heavy atom. The number of ether oxygens (including phenoxy) is 2. The Labute approximate surface area is 181 Å². The van der Waals surface area contributed by atoms with Gasteiger partial charge in [0.15, 0.2) is 6.29 Å². The van der Waals surface area contributed by atoms with Gasteiger partial charge >= 0.3 is 6.03 Å². The molecule has 0 spiro atoms. The maximum Gasteiger partial charge on any atom is 0.319 e. The second-order valence-corrected chi connectivity index (χ2v) is 7.68. The van der Waals surface area contributed by atoms with Crippen LogP contribution in [0.5, 0.6) is 0 Å². The van der Waals surface area contributed by atoms with E-state index in [4.69, 9.17) is 9.47 Å². The SMILES string of the molecule is O=C(Nc1ccc(F)cc1F)N[C@H]1[C@H](O)[C@@H](n2cc(-c3ccccc3)cn2)[C@@H]2OC[C@H]1O2. The molecule has 2 fully saturated rings. The first-order valence-electron chi connectivity index (χ1n) is 10.1. The van der Waals surface area contributed by atoms with Crippen LogP contribution in [0.2, 0.25) is 0 Å². The van der Waals surface area contributed by atoms with Crippen LogP contribution in [0.4, 0.5) is 19.3 Å². The van der Waals surface area contributed by atoms with Gasteiger partial charge in [-0.25, -0.2) is 13.6 Å². The van der Waals surface area contributed by atoms with E-state index < -0.39 is 48.2 Å². The summed E-state index contributed by atoms with van der Waals surface area (Å²) in [6, 6.07) is 10.1. The van der Waals surface area contributed by atoms with E-state index in [1.54, 1.807) is 17.1 Å². The van der Waals surface area contributed by atoms with E-state index in [0.29, 0.717) is 6.07 Å². The molecule has 2 amide bonds. The van der Waals surface area contributed by atoms with Crippen LogP contribution in [0.3, 0.4) is 0 Å². The third kappa shape index (κ3) is 3.83. The molecule has 3 aromatic rings. The molecule has 10 heteroatoms. The Balaban J connectivity index is 1.33. The van der Waals surface area contributed by atoms with Gasteiger partial charge in [-0.2, -0.15) is 5.10 Å². The zero-order chi connectivity index (χ0) is 22.2. The number of rotatable bonds is 4. The highest BCUT2D eigenvalue weighted by atomic mass is 19.1. The lowest BCUT2D eigenvalue weighted by Gasteiger charge is -2.38.